The molecule has 5 atom stereocenters. The number of carbonyl (C=O) groups is 6. The summed E-state index contributed by atoms with van der Waals surface area (Å²) in [4.78, 5) is 83.2. The van der Waals surface area contributed by atoms with Crippen molar-refractivity contribution in [1.82, 2.24) is 26.2 Å². The first kappa shape index (κ1) is 47.0. The van der Waals surface area contributed by atoms with E-state index < -0.39 is 65.3 Å². The Balaban J connectivity index is 1.55. The highest BCUT2D eigenvalue weighted by atomic mass is 16.4. The van der Waals surface area contributed by atoms with E-state index in [4.69, 9.17) is 17.2 Å². The highest BCUT2D eigenvalue weighted by Crippen LogP contribution is 2.21. The smallest absolute Gasteiger partial charge is 0.323 e. The molecule has 0 unspecified atom stereocenters. The van der Waals surface area contributed by atoms with Crippen molar-refractivity contribution in [3.05, 3.63) is 108 Å². The van der Waals surface area contributed by atoms with Gasteiger partial charge in [0.1, 0.15) is 29.7 Å². The molecule has 15 nitrogen and oxygen atoms in total. The summed E-state index contributed by atoms with van der Waals surface area (Å²) in [6.07, 6.45) is 2.23. The van der Waals surface area contributed by atoms with Crippen molar-refractivity contribution in [3.8, 4) is 0 Å². The van der Waals surface area contributed by atoms with Crippen LogP contribution in [-0.4, -0.2) is 101 Å². The van der Waals surface area contributed by atoms with Gasteiger partial charge in [-0.1, -0.05) is 105 Å². The van der Waals surface area contributed by atoms with E-state index in [0.717, 1.165) is 16.7 Å². The molecule has 0 radical (unpaired) electrons. The lowest BCUT2D eigenvalue weighted by Gasteiger charge is -2.38. The second-order valence-electron chi connectivity index (χ2n) is 16.1. The van der Waals surface area contributed by atoms with E-state index >= 15 is 0 Å². The summed E-state index contributed by atoms with van der Waals surface area (Å²) in [5.74, 6) is -3.91. The van der Waals surface area contributed by atoms with Crippen LogP contribution in [0, 0.1) is 5.92 Å². The molecular formula is C45H62N8O7. The number of rotatable bonds is 22. The number of carbonyl (C=O) groups excluding carboxylic acids is 5. The Kier molecular flexibility index (Phi) is 18.2. The van der Waals surface area contributed by atoms with Crippen molar-refractivity contribution in [2.75, 3.05) is 19.6 Å². The van der Waals surface area contributed by atoms with E-state index in [1.165, 1.54) is 4.90 Å². The molecular weight excluding hydrogens is 765 g/mol. The van der Waals surface area contributed by atoms with Gasteiger partial charge in [-0.05, 0) is 74.1 Å². The quantitative estimate of drug-likeness (QED) is 0.0679. The number of hydrogen-bond donors (Lipinski definition) is 8. The molecule has 1 aliphatic rings. The minimum atomic E-state index is -1.43. The summed E-state index contributed by atoms with van der Waals surface area (Å²) in [7, 11) is 0. The molecule has 1 aliphatic heterocycles. The lowest BCUT2D eigenvalue weighted by Crippen LogP contribution is -2.61. The fourth-order valence-electron chi connectivity index (χ4n) is 7.19. The maximum absolute atomic E-state index is 14.3. The van der Waals surface area contributed by atoms with Crippen molar-refractivity contribution in [2.24, 2.45) is 23.1 Å². The Hall–Kier alpha value is -5.64. The number of carboxylic acid groups (broad SMARTS) is 1. The lowest BCUT2D eigenvalue weighted by molar-refractivity contribution is -0.148. The zero-order chi connectivity index (χ0) is 43.7. The number of hydrogen-bond acceptors (Lipinski definition) is 9. The van der Waals surface area contributed by atoms with E-state index in [1.54, 1.807) is 0 Å². The molecule has 15 heteroatoms. The molecule has 0 saturated carbocycles. The van der Waals surface area contributed by atoms with E-state index in [2.05, 4.69) is 21.3 Å². The molecule has 0 aromatic heterocycles. The molecule has 5 amide bonds. The van der Waals surface area contributed by atoms with E-state index in [0.29, 0.717) is 19.4 Å². The van der Waals surface area contributed by atoms with Gasteiger partial charge in [0.15, 0.2) is 0 Å². The molecule has 1 saturated heterocycles. The van der Waals surface area contributed by atoms with Crippen LogP contribution in [0.2, 0.25) is 0 Å². The molecule has 3 aromatic carbocycles. The Bertz CT molecular complexity index is 1860. The van der Waals surface area contributed by atoms with Gasteiger partial charge in [0, 0.05) is 25.9 Å². The van der Waals surface area contributed by atoms with Crippen molar-refractivity contribution in [1.29, 1.82) is 0 Å². The molecule has 60 heavy (non-hydrogen) atoms. The summed E-state index contributed by atoms with van der Waals surface area (Å²) in [6, 6.07) is 22.3. The summed E-state index contributed by atoms with van der Waals surface area (Å²) in [6.45, 7) is 4.41. The normalized spacial score (nSPS) is 16.1. The molecule has 1 fully saturated rings. The predicted octanol–water partition coefficient (Wildman–Crippen LogP) is 1.56. The van der Waals surface area contributed by atoms with Gasteiger partial charge in [-0.3, -0.25) is 28.8 Å². The van der Waals surface area contributed by atoms with Crippen LogP contribution in [0.15, 0.2) is 91.0 Å². The van der Waals surface area contributed by atoms with Gasteiger partial charge < -0.3 is 48.5 Å². The Labute approximate surface area is 352 Å². The van der Waals surface area contributed by atoms with Crippen molar-refractivity contribution < 1.29 is 33.9 Å². The van der Waals surface area contributed by atoms with Gasteiger partial charge in [0.05, 0.1) is 6.04 Å². The largest absolute Gasteiger partial charge is 0.480 e. The number of piperidine rings is 1. The first-order valence-electron chi connectivity index (χ1n) is 20.8. The second-order valence-corrected chi connectivity index (χ2v) is 16.1. The number of likely N-dealkylation sites (tertiary alicyclic amines) is 1. The predicted molar refractivity (Wildman–Crippen MR) is 229 cm³/mol. The fourth-order valence-corrected chi connectivity index (χ4v) is 7.19. The molecule has 0 bridgehead atoms. The van der Waals surface area contributed by atoms with Crippen LogP contribution >= 0.6 is 0 Å². The van der Waals surface area contributed by atoms with Crippen LogP contribution in [0.5, 0.6) is 0 Å². The summed E-state index contributed by atoms with van der Waals surface area (Å²) in [5.41, 5.74) is 19.0. The van der Waals surface area contributed by atoms with Crippen molar-refractivity contribution in [2.45, 2.75) is 107 Å². The first-order chi connectivity index (χ1) is 28.7. The maximum Gasteiger partial charge on any atom is 0.323 e. The van der Waals surface area contributed by atoms with Crippen LogP contribution in [0.25, 0.3) is 0 Å². The van der Waals surface area contributed by atoms with Gasteiger partial charge >= 0.3 is 5.97 Å². The third kappa shape index (κ3) is 14.6. The van der Waals surface area contributed by atoms with Crippen LogP contribution in [0.1, 0.15) is 69.1 Å². The number of benzene rings is 3. The summed E-state index contributed by atoms with van der Waals surface area (Å²) in [5, 5.41) is 21.0. The molecule has 1 heterocycles. The number of unbranched alkanes of at least 4 members (excludes halogenated alkanes) is 1. The number of aliphatic carboxylic acids is 1. The number of nitrogens with two attached hydrogens (primary N) is 3. The number of nitrogens with zero attached hydrogens (tertiary/aromatic N) is 1. The van der Waals surface area contributed by atoms with Gasteiger partial charge in [-0.15, -0.1) is 0 Å². The van der Waals surface area contributed by atoms with Crippen LogP contribution < -0.4 is 38.5 Å². The summed E-state index contributed by atoms with van der Waals surface area (Å²) >= 11 is 0. The number of nitrogens with one attached hydrogen (secondary N) is 4. The SMILES string of the molecule is CC(C)C[C@H](NC(=O)[C@H](Cc1ccccc1)NC(=O)[C@H](Cc1ccccc1)NC(=O)[C@@H](N)Cc1ccccc1)C(=O)N[C@@H](CCCCN)C(=O)N1CCC(N)(C(=O)O)CC1. The maximum atomic E-state index is 14.3. The molecule has 324 valence electrons. The van der Waals surface area contributed by atoms with Crippen LogP contribution in [0.4, 0.5) is 0 Å². The third-order valence-electron chi connectivity index (χ3n) is 10.8. The highest BCUT2D eigenvalue weighted by molar-refractivity contribution is 5.96. The zero-order valence-electron chi connectivity index (χ0n) is 34.7. The van der Waals surface area contributed by atoms with Crippen LogP contribution in [-0.2, 0) is 48.0 Å². The van der Waals surface area contributed by atoms with E-state index in [1.807, 2.05) is 105 Å². The van der Waals surface area contributed by atoms with Crippen LogP contribution in [0.3, 0.4) is 0 Å². The number of carboxylic acids is 1. The Morgan fingerprint density at radius 2 is 1.05 bits per heavy atom. The monoisotopic (exact) mass is 826 g/mol. The Morgan fingerprint density at radius 3 is 1.50 bits per heavy atom. The minimum Gasteiger partial charge on any atom is -0.480 e. The third-order valence-corrected chi connectivity index (χ3v) is 10.8. The van der Waals surface area contributed by atoms with Gasteiger partial charge in [0.2, 0.25) is 29.5 Å². The molecule has 0 aliphatic carbocycles. The lowest BCUT2D eigenvalue weighted by atomic mass is 9.88. The molecule has 0 spiro atoms. The minimum absolute atomic E-state index is 0.0593. The first-order valence-corrected chi connectivity index (χ1v) is 20.8. The molecule has 11 N–H and O–H groups in total. The van der Waals surface area contributed by atoms with Crippen molar-refractivity contribution >= 4 is 35.5 Å². The molecule has 3 aromatic rings. The van der Waals surface area contributed by atoms with E-state index in [-0.39, 0.29) is 69.9 Å². The Morgan fingerprint density at radius 1 is 0.633 bits per heavy atom. The van der Waals surface area contributed by atoms with Crippen molar-refractivity contribution in [3.63, 3.8) is 0 Å². The molecule has 4 rings (SSSR count). The fraction of sp³-hybridized carbons (Fsp3) is 0.467. The van der Waals surface area contributed by atoms with Gasteiger partial charge in [0.25, 0.3) is 0 Å². The second kappa shape index (κ2) is 23.2. The van der Waals surface area contributed by atoms with Gasteiger partial charge in [-0.2, -0.15) is 0 Å². The topological polar surface area (TPSA) is 252 Å². The zero-order valence-corrected chi connectivity index (χ0v) is 34.7. The highest BCUT2D eigenvalue weighted by Gasteiger charge is 2.40. The average Bonchev–Trinajstić information content (AvgIpc) is 3.23. The summed E-state index contributed by atoms with van der Waals surface area (Å²) < 4.78 is 0. The van der Waals surface area contributed by atoms with E-state index in [9.17, 15) is 33.9 Å². The standard InChI is InChI=1S/C45H62N8O7/c1-30(2)26-36(40(55)49-35(20-12-13-23-46)43(58)53-24-21-45(48,22-25-53)44(59)60)51-42(57)38(29-33-18-10-5-11-19-33)52-41(56)37(28-32-16-8-4-9-17-32)50-39(54)34(47)27-31-14-6-3-7-15-31/h3-11,14-19,30,34-38H,12-13,20-29,46-48H2,1-2H3,(H,49,55)(H,50,54)(H,51,57)(H,52,56)(H,59,60)/t34-,35-,36-,37-,38-/m0/s1. The van der Waals surface area contributed by atoms with Gasteiger partial charge in [-0.25, -0.2) is 0 Å². The number of amides is 5. The average molecular weight is 827 g/mol.